The molecule has 0 spiro atoms. The Bertz CT molecular complexity index is 752. The number of carbonyl (C=O) groups is 1. The Morgan fingerprint density at radius 2 is 1.76 bits per heavy atom. The molecule has 0 saturated carbocycles. The van der Waals surface area contributed by atoms with Crippen LogP contribution in [0.2, 0.25) is 10.0 Å². The van der Waals surface area contributed by atoms with E-state index >= 15 is 0 Å². The van der Waals surface area contributed by atoms with E-state index in [0.717, 1.165) is 12.1 Å². The molecule has 9 heteroatoms. The second-order valence-electron chi connectivity index (χ2n) is 5.00. The molecule has 0 aliphatic heterocycles. The number of nitrogens with one attached hydrogen (secondary N) is 2. The summed E-state index contributed by atoms with van der Waals surface area (Å²) < 4.78 is 43.9. The van der Waals surface area contributed by atoms with E-state index in [1.807, 2.05) is 0 Å². The summed E-state index contributed by atoms with van der Waals surface area (Å²) in [5.74, 6) is 0.475. The molecule has 4 nitrogen and oxygen atoms in total. The topological polar surface area (TPSA) is 50.4 Å². The van der Waals surface area contributed by atoms with Gasteiger partial charge in [-0.05, 0) is 49.4 Å². The third-order valence-corrected chi connectivity index (χ3v) is 3.57. The second-order valence-corrected chi connectivity index (χ2v) is 5.85. The molecule has 0 saturated heterocycles. The van der Waals surface area contributed by atoms with E-state index in [4.69, 9.17) is 27.9 Å². The van der Waals surface area contributed by atoms with Gasteiger partial charge in [0, 0.05) is 10.7 Å². The molecule has 0 aliphatic carbocycles. The van der Waals surface area contributed by atoms with Crippen molar-refractivity contribution in [2.75, 3.05) is 5.32 Å². The Labute approximate surface area is 151 Å². The van der Waals surface area contributed by atoms with E-state index in [1.165, 1.54) is 6.07 Å². The number of benzene rings is 2. The van der Waals surface area contributed by atoms with Gasteiger partial charge in [-0.3, -0.25) is 0 Å². The van der Waals surface area contributed by atoms with Gasteiger partial charge in [-0.25, -0.2) is 4.79 Å². The maximum absolute atomic E-state index is 12.8. The fourth-order valence-corrected chi connectivity index (χ4v) is 2.27. The van der Waals surface area contributed by atoms with Crippen LogP contribution in [0.25, 0.3) is 0 Å². The molecule has 0 fully saturated rings. The van der Waals surface area contributed by atoms with Crippen LogP contribution in [0.5, 0.6) is 5.75 Å². The first kappa shape index (κ1) is 19.2. The molecule has 1 unspecified atom stereocenters. The van der Waals surface area contributed by atoms with Crippen LogP contribution in [0, 0.1) is 0 Å². The standard InChI is InChI=1S/C16H13Cl2F3N2O2/c1-9(25-12-5-2-10(17)3-6-12)22-15(24)23-11-4-7-14(18)13(8-11)16(19,20)21/h2-9H,1H3,(H2,22,23,24). The van der Waals surface area contributed by atoms with Crippen molar-refractivity contribution in [2.24, 2.45) is 0 Å². The van der Waals surface area contributed by atoms with Gasteiger partial charge in [0.2, 0.25) is 0 Å². The third kappa shape index (κ3) is 5.72. The second kappa shape index (κ2) is 7.84. The predicted octanol–water partition coefficient (Wildman–Crippen LogP) is 5.56. The highest BCUT2D eigenvalue weighted by Crippen LogP contribution is 2.36. The minimum Gasteiger partial charge on any atom is -0.471 e. The first-order valence-electron chi connectivity index (χ1n) is 7.01. The molecule has 2 N–H and O–H groups in total. The van der Waals surface area contributed by atoms with Crippen molar-refractivity contribution in [3.63, 3.8) is 0 Å². The number of anilines is 1. The van der Waals surface area contributed by atoms with Crippen LogP contribution in [0.1, 0.15) is 12.5 Å². The molecule has 1 atom stereocenters. The van der Waals surface area contributed by atoms with Crippen molar-refractivity contribution in [2.45, 2.75) is 19.3 Å². The summed E-state index contributed by atoms with van der Waals surface area (Å²) in [7, 11) is 0. The van der Waals surface area contributed by atoms with E-state index in [0.29, 0.717) is 10.8 Å². The van der Waals surface area contributed by atoms with Crippen LogP contribution in [0.3, 0.4) is 0 Å². The van der Waals surface area contributed by atoms with Gasteiger partial charge in [-0.2, -0.15) is 13.2 Å². The smallest absolute Gasteiger partial charge is 0.417 e. The van der Waals surface area contributed by atoms with E-state index < -0.39 is 29.0 Å². The molecule has 0 bridgehead atoms. The predicted molar refractivity (Wildman–Crippen MR) is 90.2 cm³/mol. The Balaban J connectivity index is 1.96. The van der Waals surface area contributed by atoms with Gasteiger partial charge in [0.1, 0.15) is 5.75 Å². The molecule has 2 amide bonds. The van der Waals surface area contributed by atoms with Crippen molar-refractivity contribution in [3.05, 3.63) is 58.1 Å². The number of amides is 2. The lowest BCUT2D eigenvalue weighted by Gasteiger charge is -2.17. The Kier molecular flexibility index (Phi) is 6.02. The number of hydrogen-bond acceptors (Lipinski definition) is 2. The summed E-state index contributed by atoms with van der Waals surface area (Å²) in [6, 6.07) is 8.84. The zero-order valence-electron chi connectivity index (χ0n) is 12.8. The normalized spacial score (nSPS) is 12.4. The minimum absolute atomic E-state index is 0.0482. The van der Waals surface area contributed by atoms with Gasteiger partial charge in [0.05, 0.1) is 10.6 Å². The maximum atomic E-state index is 12.8. The third-order valence-electron chi connectivity index (χ3n) is 2.99. The fraction of sp³-hybridized carbons (Fsp3) is 0.188. The molecular formula is C16H13Cl2F3N2O2. The summed E-state index contributed by atoms with van der Waals surface area (Å²) >= 11 is 11.3. The van der Waals surface area contributed by atoms with E-state index in [1.54, 1.807) is 31.2 Å². The molecule has 2 aromatic rings. The maximum Gasteiger partial charge on any atom is 0.417 e. The SMILES string of the molecule is CC(NC(=O)Nc1ccc(Cl)c(C(F)(F)F)c1)Oc1ccc(Cl)cc1. The average Bonchev–Trinajstić information content (AvgIpc) is 2.50. The summed E-state index contributed by atoms with van der Waals surface area (Å²) in [5, 5.41) is 4.83. The lowest BCUT2D eigenvalue weighted by molar-refractivity contribution is -0.137. The molecule has 0 aromatic heterocycles. The summed E-state index contributed by atoms with van der Waals surface area (Å²) in [6.45, 7) is 1.57. The monoisotopic (exact) mass is 392 g/mol. The van der Waals surface area contributed by atoms with Crippen LogP contribution in [0.4, 0.5) is 23.7 Å². The number of halogens is 5. The highest BCUT2D eigenvalue weighted by Gasteiger charge is 2.33. The van der Waals surface area contributed by atoms with E-state index in [-0.39, 0.29) is 5.69 Å². The zero-order valence-corrected chi connectivity index (χ0v) is 14.3. The Morgan fingerprint density at radius 1 is 1.12 bits per heavy atom. The molecule has 0 heterocycles. The van der Waals surface area contributed by atoms with Crippen molar-refractivity contribution < 1.29 is 22.7 Å². The summed E-state index contributed by atoms with van der Waals surface area (Å²) in [5.41, 5.74) is -1.08. The van der Waals surface area contributed by atoms with Crippen molar-refractivity contribution in [1.29, 1.82) is 0 Å². The fourth-order valence-electron chi connectivity index (χ4n) is 1.92. The lowest BCUT2D eigenvalue weighted by Crippen LogP contribution is -2.39. The van der Waals surface area contributed by atoms with Gasteiger partial charge in [0.15, 0.2) is 6.23 Å². The van der Waals surface area contributed by atoms with Crippen molar-refractivity contribution in [1.82, 2.24) is 5.32 Å². The molecule has 2 aromatic carbocycles. The van der Waals surface area contributed by atoms with Crippen LogP contribution < -0.4 is 15.4 Å². The number of hydrogen-bond donors (Lipinski definition) is 2. The van der Waals surface area contributed by atoms with E-state index in [2.05, 4.69) is 10.6 Å². The van der Waals surface area contributed by atoms with Crippen LogP contribution in [0.15, 0.2) is 42.5 Å². The number of ether oxygens (including phenoxy) is 1. The number of urea groups is 1. The number of rotatable bonds is 4. The quantitative estimate of drug-likeness (QED) is 0.669. The molecule has 0 aliphatic rings. The molecule has 0 radical (unpaired) electrons. The number of alkyl halides is 3. The molecule has 25 heavy (non-hydrogen) atoms. The molecular weight excluding hydrogens is 380 g/mol. The average molecular weight is 393 g/mol. The van der Waals surface area contributed by atoms with Gasteiger partial charge in [0.25, 0.3) is 0 Å². The van der Waals surface area contributed by atoms with Gasteiger partial charge < -0.3 is 15.4 Å². The Hall–Kier alpha value is -2.12. The van der Waals surface area contributed by atoms with Crippen LogP contribution >= 0.6 is 23.2 Å². The largest absolute Gasteiger partial charge is 0.471 e. The van der Waals surface area contributed by atoms with Crippen LogP contribution in [-0.4, -0.2) is 12.3 Å². The highest BCUT2D eigenvalue weighted by molar-refractivity contribution is 6.31. The number of carbonyl (C=O) groups excluding carboxylic acids is 1. The van der Waals surface area contributed by atoms with Crippen molar-refractivity contribution in [3.8, 4) is 5.75 Å². The molecule has 134 valence electrons. The van der Waals surface area contributed by atoms with Crippen LogP contribution in [-0.2, 0) is 6.18 Å². The van der Waals surface area contributed by atoms with E-state index in [9.17, 15) is 18.0 Å². The first-order chi connectivity index (χ1) is 11.6. The van der Waals surface area contributed by atoms with Crippen molar-refractivity contribution >= 4 is 34.9 Å². The molecule has 2 rings (SSSR count). The Morgan fingerprint density at radius 3 is 2.36 bits per heavy atom. The zero-order chi connectivity index (χ0) is 18.6. The van der Waals surface area contributed by atoms with Gasteiger partial charge in [-0.1, -0.05) is 23.2 Å². The van der Waals surface area contributed by atoms with Gasteiger partial charge in [-0.15, -0.1) is 0 Å². The summed E-state index contributed by atoms with van der Waals surface area (Å²) in [6.07, 6.45) is -5.34. The highest BCUT2D eigenvalue weighted by atomic mass is 35.5. The van der Waals surface area contributed by atoms with Gasteiger partial charge >= 0.3 is 12.2 Å². The summed E-state index contributed by atoms with van der Waals surface area (Å²) in [4.78, 5) is 11.9. The minimum atomic E-state index is -4.61. The first-order valence-corrected chi connectivity index (χ1v) is 7.77. The lowest BCUT2D eigenvalue weighted by atomic mass is 10.2.